The van der Waals surface area contributed by atoms with E-state index < -0.39 is 0 Å². The van der Waals surface area contributed by atoms with Gasteiger partial charge in [0.05, 0.1) is 6.20 Å². The van der Waals surface area contributed by atoms with Gasteiger partial charge in [-0.05, 0) is 25.7 Å². The first-order valence-electron chi connectivity index (χ1n) is 7.96. The lowest BCUT2D eigenvalue weighted by Crippen LogP contribution is -2.30. The third-order valence-corrected chi connectivity index (χ3v) is 3.12. The Morgan fingerprint density at radius 2 is 1.30 bits per heavy atom. The number of aromatic nitrogens is 3. The Bertz CT molecular complexity index is 326. The molecule has 0 aliphatic carbocycles. The predicted octanol–water partition coefficient (Wildman–Crippen LogP) is 3.12. The average molecular weight is 279 g/mol. The molecule has 0 unspecified atom stereocenters. The van der Waals surface area contributed by atoms with Crippen LogP contribution in [0.2, 0.25) is 0 Å². The van der Waals surface area contributed by atoms with Gasteiger partial charge in [-0.25, -0.2) is 0 Å². The number of hydrogen-bond donors (Lipinski definition) is 0. The molecule has 0 radical (unpaired) electrons. The van der Waals surface area contributed by atoms with Crippen molar-refractivity contribution >= 4 is 11.8 Å². The molecule has 5 heteroatoms. The Labute approximate surface area is 123 Å². The van der Waals surface area contributed by atoms with Gasteiger partial charge in [-0.3, -0.25) is 0 Å². The van der Waals surface area contributed by atoms with Crippen LogP contribution < -0.4 is 9.80 Å². The molecule has 1 aromatic rings. The number of nitrogens with zero attached hydrogens (tertiary/aromatic N) is 5. The number of rotatable bonds is 10. The summed E-state index contributed by atoms with van der Waals surface area (Å²) in [4.78, 5) is 9.25. The Morgan fingerprint density at radius 3 is 1.80 bits per heavy atom. The number of anilines is 2. The van der Waals surface area contributed by atoms with E-state index in [4.69, 9.17) is 4.98 Å². The zero-order valence-electron chi connectivity index (χ0n) is 13.5. The van der Waals surface area contributed by atoms with Crippen LogP contribution in [0.1, 0.15) is 53.4 Å². The Kier molecular flexibility index (Phi) is 7.92. The van der Waals surface area contributed by atoms with E-state index in [1.807, 2.05) is 0 Å². The zero-order chi connectivity index (χ0) is 14.8. The first kappa shape index (κ1) is 16.7. The molecule has 114 valence electrons. The molecule has 20 heavy (non-hydrogen) atoms. The molecule has 0 amide bonds. The predicted molar refractivity (Wildman–Crippen MR) is 85.4 cm³/mol. The highest BCUT2D eigenvalue weighted by Gasteiger charge is 2.12. The smallest absolute Gasteiger partial charge is 0.247 e. The fraction of sp³-hybridized carbons (Fsp3) is 0.800. The first-order chi connectivity index (χ1) is 9.76. The highest BCUT2D eigenvalue weighted by Crippen LogP contribution is 2.15. The van der Waals surface area contributed by atoms with Gasteiger partial charge in [-0.1, -0.05) is 27.7 Å². The van der Waals surface area contributed by atoms with E-state index in [0.29, 0.717) is 0 Å². The molecule has 5 nitrogen and oxygen atoms in total. The monoisotopic (exact) mass is 279 g/mol. The second-order valence-corrected chi connectivity index (χ2v) is 5.09. The van der Waals surface area contributed by atoms with Gasteiger partial charge in [0, 0.05) is 26.2 Å². The van der Waals surface area contributed by atoms with Crippen LogP contribution in [0.25, 0.3) is 0 Å². The SMILES string of the molecule is CCCN(CCC)c1cnnc(N(CCC)CCC)n1. The molecule has 0 saturated heterocycles. The lowest BCUT2D eigenvalue weighted by Gasteiger charge is -2.25. The summed E-state index contributed by atoms with van der Waals surface area (Å²) in [6.45, 7) is 12.8. The Hall–Kier alpha value is -1.39. The summed E-state index contributed by atoms with van der Waals surface area (Å²) in [5.41, 5.74) is 0. The largest absolute Gasteiger partial charge is 0.355 e. The second kappa shape index (κ2) is 9.50. The molecular formula is C15H29N5. The fourth-order valence-corrected chi connectivity index (χ4v) is 2.30. The minimum atomic E-state index is 0.767. The van der Waals surface area contributed by atoms with Crippen LogP contribution in [0.3, 0.4) is 0 Å². The van der Waals surface area contributed by atoms with Crippen molar-refractivity contribution in [3.63, 3.8) is 0 Å². The van der Waals surface area contributed by atoms with E-state index in [1.54, 1.807) is 6.20 Å². The first-order valence-corrected chi connectivity index (χ1v) is 7.96. The topological polar surface area (TPSA) is 45.2 Å². The zero-order valence-corrected chi connectivity index (χ0v) is 13.5. The van der Waals surface area contributed by atoms with Crippen LogP contribution in [0.15, 0.2) is 6.20 Å². The van der Waals surface area contributed by atoms with Crippen molar-refractivity contribution in [3.8, 4) is 0 Å². The normalized spacial score (nSPS) is 10.6. The summed E-state index contributed by atoms with van der Waals surface area (Å²) in [5, 5.41) is 8.38. The quantitative estimate of drug-likeness (QED) is 0.658. The summed E-state index contributed by atoms with van der Waals surface area (Å²) < 4.78 is 0. The van der Waals surface area contributed by atoms with Gasteiger partial charge in [-0.2, -0.15) is 10.1 Å². The van der Waals surface area contributed by atoms with E-state index in [-0.39, 0.29) is 0 Å². The van der Waals surface area contributed by atoms with Crippen LogP contribution in [0, 0.1) is 0 Å². The summed E-state index contributed by atoms with van der Waals surface area (Å²) >= 11 is 0. The molecule has 0 fully saturated rings. The van der Waals surface area contributed by atoms with Gasteiger partial charge in [0.1, 0.15) is 0 Å². The van der Waals surface area contributed by atoms with Crippen LogP contribution in [-0.4, -0.2) is 41.4 Å². The minimum Gasteiger partial charge on any atom is -0.355 e. The summed E-state index contributed by atoms with van der Waals surface area (Å²) in [6.07, 6.45) is 6.22. The van der Waals surface area contributed by atoms with Crippen molar-refractivity contribution in [1.29, 1.82) is 0 Å². The number of hydrogen-bond acceptors (Lipinski definition) is 5. The Balaban J connectivity index is 2.90. The molecule has 1 rings (SSSR count). The van der Waals surface area contributed by atoms with Crippen molar-refractivity contribution in [2.24, 2.45) is 0 Å². The van der Waals surface area contributed by atoms with E-state index in [0.717, 1.165) is 63.6 Å². The maximum absolute atomic E-state index is 4.73. The summed E-state index contributed by atoms with van der Waals surface area (Å²) in [6, 6.07) is 0. The van der Waals surface area contributed by atoms with E-state index in [1.165, 1.54) is 0 Å². The van der Waals surface area contributed by atoms with Crippen LogP contribution >= 0.6 is 0 Å². The second-order valence-electron chi connectivity index (χ2n) is 5.09. The van der Waals surface area contributed by atoms with Crippen LogP contribution in [0.5, 0.6) is 0 Å². The summed E-state index contributed by atoms with van der Waals surface area (Å²) in [7, 11) is 0. The third-order valence-electron chi connectivity index (χ3n) is 3.12. The van der Waals surface area contributed by atoms with Crippen molar-refractivity contribution < 1.29 is 0 Å². The molecule has 0 bridgehead atoms. The highest BCUT2D eigenvalue weighted by atomic mass is 15.3. The summed E-state index contributed by atoms with van der Waals surface area (Å²) in [5.74, 6) is 1.72. The molecular weight excluding hydrogens is 250 g/mol. The van der Waals surface area contributed by atoms with Gasteiger partial charge in [0.25, 0.3) is 0 Å². The van der Waals surface area contributed by atoms with Crippen LogP contribution in [-0.2, 0) is 0 Å². The molecule has 1 aromatic heterocycles. The minimum absolute atomic E-state index is 0.767. The molecule has 0 aliphatic rings. The van der Waals surface area contributed by atoms with Crippen molar-refractivity contribution in [1.82, 2.24) is 15.2 Å². The van der Waals surface area contributed by atoms with Crippen molar-refractivity contribution in [3.05, 3.63) is 6.20 Å². The van der Waals surface area contributed by atoms with Crippen molar-refractivity contribution in [2.45, 2.75) is 53.4 Å². The Morgan fingerprint density at radius 1 is 0.800 bits per heavy atom. The average Bonchev–Trinajstić information content (AvgIpc) is 2.47. The molecule has 0 aliphatic heterocycles. The fourth-order valence-electron chi connectivity index (χ4n) is 2.30. The maximum Gasteiger partial charge on any atom is 0.247 e. The van der Waals surface area contributed by atoms with Gasteiger partial charge in [0.2, 0.25) is 5.95 Å². The van der Waals surface area contributed by atoms with Crippen LogP contribution in [0.4, 0.5) is 11.8 Å². The molecule has 0 saturated carbocycles. The maximum atomic E-state index is 4.73. The van der Waals surface area contributed by atoms with E-state index >= 15 is 0 Å². The molecule has 0 aromatic carbocycles. The van der Waals surface area contributed by atoms with Gasteiger partial charge < -0.3 is 9.80 Å². The van der Waals surface area contributed by atoms with Gasteiger partial charge >= 0.3 is 0 Å². The highest BCUT2D eigenvalue weighted by molar-refractivity contribution is 5.41. The van der Waals surface area contributed by atoms with E-state index in [9.17, 15) is 0 Å². The standard InChI is InChI=1S/C15H29N5/c1-5-9-19(10-6-2)14-13-16-18-15(17-14)20(11-7-3)12-8-4/h13H,5-12H2,1-4H3. The molecule has 0 N–H and O–H groups in total. The van der Waals surface area contributed by atoms with E-state index in [2.05, 4.69) is 47.7 Å². The van der Waals surface area contributed by atoms with Crippen molar-refractivity contribution in [2.75, 3.05) is 36.0 Å². The van der Waals surface area contributed by atoms with Gasteiger partial charge in [-0.15, -0.1) is 5.10 Å². The molecule has 1 heterocycles. The lowest BCUT2D eigenvalue weighted by atomic mass is 10.3. The molecule has 0 atom stereocenters. The lowest BCUT2D eigenvalue weighted by molar-refractivity contribution is 0.693. The molecule has 0 spiro atoms. The third kappa shape index (κ3) is 4.94. The van der Waals surface area contributed by atoms with Gasteiger partial charge in [0.15, 0.2) is 5.82 Å².